The average molecular weight is 275 g/mol. The Hall–Kier alpha value is -2.37. The maximum absolute atomic E-state index is 10.4. The highest BCUT2D eigenvalue weighted by molar-refractivity contribution is 5.66. The van der Waals surface area contributed by atoms with Crippen LogP contribution in [-0.2, 0) is 17.6 Å². The van der Waals surface area contributed by atoms with Crippen molar-refractivity contribution < 1.29 is 14.4 Å². The lowest BCUT2D eigenvalue weighted by Gasteiger charge is -2.04. The molecule has 0 amide bonds. The van der Waals surface area contributed by atoms with Gasteiger partial charge in [0.15, 0.2) is 5.82 Å². The van der Waals surface area contributed by atoms with Crippen LogP contribution in [0.3, 0.4) is 0 Å². The van der Waals surface area contributed by atoms with Crippen LogP contribution in [0.15, 0.2) is 28.8 Å². The summed E-state index contributed by atoms with van der Waals surface area (Å²) in [6.07, 6.45) is 0.904. The predicted octanol–water partition coefficient (Wildman–Crippen LogP) is 2.05. The van der Waals surface area contributed by atoms with Gasteiger partial charge in [0.1, 0.15) is 0 Å². The summed E-state index contributed by atoms with van der Waals surface area (Å²) in [6.45, 7) is 2.74. The minimum absolute atomic E-state index is 0.00315. The van der Waals surface area contributed by atoms with E-state index in [1.807, 2.05) is 25.1 Å². The summed E-state index contributed by atoms with van der Waals surface area (Å²) in [4.78, 5) is 14.6. The Kier molecular flexibility index (Phi) is 4.70. The van der Waals surface area contributed by atoms with Crippen molar-refractivity contribution in [3.63, 3.8) is 0 Å². The molecule has 106 valence electrons. The number of anilines is 1. The molecule has 6 heteroatoms. The SMILES string of the molecule is Cc1cccc(NCCc2noc(CCC(=O)O)n2)c1. The second-order valence-electron chi connectivity index (χ2n) is 4.54. The Balaban J connectivity index is 1.78. The number of rotatable bonds is 7. The highest BCUT2D eigenvalue weighted by Gasteiger charge is 2.08. The molecule has 0 aliphatic heterocycles. The lowest BCUT2D eigenvalue weighted by atomic mass is 10.2. The molecule has 20 heavy (non-hydrogen) atoms. The fraction of sp³-hybridized carbons (Fsp3) is 0.357. The van der Waals surface area contributed by atoms with Crippen LogP contribution in [0.2, 0.25) is 0 Å². The molecule has 1 aromatic carbocycles. The van der Waals surface area contributed by atoms with Crippen LogP contribution in [0.25, 0.3) is 0 Å². The number of hydrogen-bond acceptors (Lipinski definition) is 5. The van der Waals surface area contributed by atoms with E-state index in [4.69, 9.17) is 9.63 Å². The van der Waals surface area contributed by atoms with Gasteiger partial charge in [-0.15, -0.1) is 0 Å². The number of aliphatic carboxylic acids is 1. The summed E-state index contributed by atoms with van der Waals surface area (Å²) >= 11 is 0. The molecule has 0 atom stereocenters. The topological polar surface area (TPSA) is 88.2 Å². The van der Waals surface area contributed by atoms with Gasteiger partial charge in [-0.05, 0) is 24.6 Å². The van der Waals surface area contributed by atoms with E-state index in [0.29, 0.717) is 24.7 Å². The highest BCUT2D eigenvalue weighted by atomic mass is 16.5. The van der Waals surface area contributed by atoms with Gasteiger partial charge in [0.05, 0.1) is 6.42 Å². The summed E-state index contributed by atoms with van der Waals surface area (Å²) in [5.41, 5.74) is 2.25. The molecule has 0 aliphatic carbocycles. The Morgan fingerprint density at radius 1 is 1.40 bits per heavy atom. The normalized spacial score (nSPS) is 10.4. The zero-order valence-electron chi connectivity index (χ0n) is 11.3. The summed E-state index contributed by atoms with van der Waals surface area (Å²) in [5.74, 6) is 0.0920. The van der Waals surface area contributed by atoms with Crippen LogP contribution in [0, 0.1) is 6.92 Å². The third-order valence-corrected chi connectivity index (χ3v) is 2.76. The van der Waals surface area contributed by atoms with Gasteiger partial charge in [-0.3, -0.25) is 4.79 Å². The summed E-state index contributed by atoms with van der Waals surface area (Å²) in [5, 5.41) is 15.7. The lowest BCUT2D eigenvalue weighted by molar-refractivity contribution is -0.137. The van der Waals surface area contributed by atoms with Gasteiger partial charge in [0.2, 0.25) is 5.89 Å². The number of carboxylic acid groups (broad SMARTS) is 1. The molecule has 2 N–H and O–H groups in total. The maximum atomic E-state index is 10.4. The first-order chi connectivity index (χ1) is 9.63. The third-order valence-electron chi connectivity index (χ3n) is 2.76. The van der Waals surface area contributed by atoms with Gasteiger partial charge < -0.3 is 14.9 Å². The number of benzene rings is 1. The van der Waals surface area contributed by atoms with E-state index in [2.05, 4.69) is 21.5 Å². The number of carboxylic acids is 1. The van der Waals surface area contributed by atoms with E-state index in [-0.39, 0.29) is 12.8 Å². The quantitative estimate of drug-likeness (QED) is 0.804. The van der Waals surface area contributed by atoms with Crippen LogP contribution in [0.4, 0.5) is 5.69 Å². The van der Waals surface area contributed by atoms with E-state index < -0.39 is 5.97 Å². The number of hydrogen-bond donors (Lipinski definition) is 2. The van der Waals surface area contributed by atoms with Crippen molar-refractivity contribution in [2.45, 2.75) is 26.2 Å². The molecule has 0 aliphatic rings. The van der Waals surface area contributed by atoms with Gasteiger partial charge in [-0.2, -0.15) is 4.98 Å². The van der Waals surface area contributed by atoms with Gasteiger partial charge in [0.25, 0.3) is 0 Å². The minimum atomic E-state index is -0.870. The Bertz CT molecular complexity index is 581. The molecule has 1 heterocycles. The van der Waals surface area contributed by atoms with Crippen LogP contribution in [0.5, 0.6) is 0 Å². The fourth-order valence-electron chi connectivity index (χ4n) is 1.78. The zero-order chi connectivity index (χ0) is 14.4. The number of aryl methyl sites for hydroxylation is 2. The Morgan fingerprint density at radius 3 is 3.00 bits per heavy atom. The van der Waals surface area contributed by atoms with Crippen molar-refractivity contribution in [3.8, 4) is 0 Å². The fourth-order valence-corrected chi connectivity index (χ4v) is 1.78. The van der Waals surface area contributed by atoms with Crippen molar-refractivity contribution in [1.29, 1.82) is 0 Å². The van der Waals surface area contributed by atoms with Crippen LogP contribution < -0.4 is 5.32 Å². The van der Waals surface area contributed by atoms with Crippen LogP contribution in [0.1, 0.15) is 23.7 Å². The van der Waals surface area contributed by atoms with Gasteiger partial charge in [0, 0.05) is 25.1 Å². The molecule has 6 nitrogen and oxygen atoms in total. The molecule has 2 rings (SSSR count). The molecule has 0 spiro atoms. The number of carbonyl (C=O) groups is 1. The molecular weight excluding hydrogens is 258 g/mol. The predicted molar refractivity (Wildman–Crippen MR) is 73.6 cm³/mol. The molecule has 0 fully saturated rings. The van der Waals surface area contributed by atoms with Gasteiger partial charge in [-0.25, -0.2) is 0 Å². The summed E-state index contributed by atoms with van der Waals surface area (Å²) in [7, 11) is 0. The summed E-state index contributed by atoms with van der Waals surface area (Å²) < 4.78 is 4.98. The average Bonchev–Trinajstić information content (AvgIpc) is 2.84. The first-order valence-electron chi connectivity index (χ1n) is 6.47. The Labute approximate surface area is 116 Å². The van der Waals surface area contributed by atoms with Crippen LogP contribution >= 0.6 is 0 Å². The van der Waals surface area contributed by atoms with Crippen molar-refractivity contribution in [3.05, 3.63) is 41.5 Å². The summed E-state index contributed by atoms with van der Waals surface area (Å²) in [6, 6.07) is 8.10. The van der Waals surface area contributed by atoms with Crippen molar-refractivity contribution in [2.24, 2.45) is 0 Å². The second kappa shape index (κ2) is 6.70. The third kappa shape index (κ3) is 4.38. The van der Waals surface area contributed by atoms with E-state index in [1.165, 1.54) is 5.56 Å². The highest BCUT2D eigenvalue weighted by Crippen LogP contribution is 2.09. The minimum Gasteiger partial charge on any atom is -0.481 e. The molecule has 0 saturated carbocycles. The number of nitrogens with zero attached hydrogens (tertiary/aromatic N) is 2. The zero-order valence-corrected chi connectivity index (χ0v) is 11.3. The molecule has 2 aromatic rings. The lowest BCUT2D eigenvalue weighted by Crippen LogP contribution is -2.06. The number of nitrogens with one attached hydrogen (secondary N) is 1. The van der Waals surface area contributed by atoms with Gasteiger partial charge >= 0.3 is 5.97 Å². The van der Waals surface area contributed by atoms with Crippen molar-refractivity contribution in [2.75, 3.05) is 11.9 Å². The van der Waals surface area contributed by atoms with Crippen molar-refractivity contribution >= 4 is 11.7 Å². The van der Waals surface area contributed by atoms with E-state index in [0.717, 1.165) is 5.69 Å². The molecule has 0 bridgehead atoms. The first kappa shape index (κ1) is 14.0. The largest absolute Gasteiger partial charge is 0.481 e. The van der Waals surface area contributed by atoms with E-state index in [1.54, 1.807) is 0 Å². The monoisotopic (exact) mass is 275 g/mol. The Morgan fingerprint density at radius 2 is 2.25 bits per heavy atom. The smallest absolute Gasteiger partial charge is 0.303 e. The van der Waals surface area contributed by atoms with Gasteiger partial charge in [-0.1, -0.05) is 17.3 Å². The number of aromatic nitrogens is 2. The first-order valence-corrected chi connectivity index (χ1v) is 6.47. The van der Waals surface area contributed by atoms with E-state index >= 15 is 0 Å². The molecule has 0 saturated heterocycles. The molecular formula is C14H17N3O3. The van der Waals surface area contributed by atoms with E-state index in [9.17, 15) is 4.79 Å². The molecule has 1 aromatic heterocycles. The maximum Gasteiger partial charge on any atom is 0.303 e. The standard InChI is InChI=1S/C14H17N3O3/c1-10-3-2-4-11(9-10)15-8-7-12-16-13(20-17-12)5-6-14(18)19/h2-4,9,15H,5-8H2,1H3,(H,18,19). The second-order valence-corrected chi connectivity index (χ2v) is 4.54. The molecule has 0 radical (unpaired) electrons. The van der Waals surface area contributed by atoms with Crippen molar-refractivity contribution in [1.82, 2.24) is 10.1 Å². The van der Waals surface area contributed by atoms with Crippen LogP contribution in [-0.4, -0.2) is 27.8 Å². The molecule has 0 unspecified atom stereocenters.